The monoisotopic (exact) mass is 240 g/mol. The van der Waals surface area contributed by atoms with Gasteiger partial charge in [-0.15, -0.1) is 13.2 Å². The third-order valence-corrected chi connectivity index (χ3v) is 5.38. The zero-order chi connectivity index (χ0) is 12.9. The minimum Gasteiger partial charge on any atom is -0.481 e. The van der Waals surface area contributed by atoms with Gasteiger partial charge in [-0.3, -0.25) is 4.79 Å². The normalized spacial score (nSPS) is 15.2. The van der Waals surface area contributed by atoms with E-state index in [1.165, 1.54) is 0 Å². The predicted octanol–water partition coefficient (Wildman–Crippen LogP) is 3.94. The van der Waals surface area contributed by atoms with Gasteiger partial charge >= 0.3 is 5.97 Å². The highest BCUT2D eigenvalue weighted by molar-refractivity contribution is 6.80. The van der Waals surface area contributed by atoms with Crippen LogP contribution in [0.3, 0.4) is 0 Å². The van der Waals surface area contributed by atoms with Crippen LogP contribution in [0.15, 0.2) is 24.8 Å². The first-order chi connectivity index (χ1) is 7.20. The molecule has 0 aromatic heterocycles. The molecule has 0 heterocycles. The molecule has 0 radical (unpaired) electrons. The van der Waals surface area contributed by atoms with Crippen molar-refractivity contribution in [2.24, 2.45) is 5.92 Å². The van der Waals surface area contributed by atoms with Crippen molar-refractivity contribution in [2.75, 3.05) is 0 Å². The maximum Gasteiger partial charge on any atom is 0.304 e. The Morgan fingerprint density at radius 3 is 2.19 bits per heavy atom. The Labute approximate surface area is 100 Å². The number of carboxylic acid groups (broad SMARTS) is 1. The van der Waals surface area contributed by atoms with Gasteiger partial charge in [0.25, 0.3) is 0 Å². The number of hydrogen-bond donors (Lipinski definition) is 1. The van der Waals surface area contributed by atoms with Gasteiger partial charge in [-0.05, 0) is 25.7 Å². The van der Waals surface area contributed by atoms with Gasteiger partial charge in [0, 0.05) is 0 Å². The van der Waals surface area contributed by atoms with Gasteiger partial charge in [-0.25, -0.2) is 0 Å². The Hall–Kier alpha value is -0.833. The first-order valence-corrected chi connectivity index (χ1v) is 9.27. The molecule has 0 bridgehead atoms. The van der Waals surface area contributed by atoms with E-state index in [2.05, 4.69) is 32.8 Å². The average Bonchev–Trinajstić information content (AvgIpc) is 2.08. The first-order valence-electron chi connectivity index (χ1n) is 5.70. The van der Waals surface area contributed by atoms with E-state index in [9.17, 15) is 9.90 Å². The second kappa shape index (κ2) is 6.04. The molecule has 2 atom stereocenters. The molecule has 2 nitrogen and oxygen atoms in total. The second-order valence-electron chi connectivity index (χ2n) is 5.58. The van der Waals surface area contributed by atoms with Crippen molar-refractivity contribution in [3.8, 4) is 0 Å². The number of carboxylic acids is 1. The van der Waals surface area contributed by atoms with Gasteiger partial charge in [0.1, 0.15) is 0 Å². The van der Waals surface area contributed by atoms with Crippen molar-refractivity contribution in [3.05, 3.63) is 24.8 Å². The molecule has 0 fully saturated rings. The molecule has 0 amide bonds. The van der Waals surface area contributed by atoms with E-state index in [0.717, 1.165) is 18.4 Å². The standard InChI is InChI=1S/C13H24O2Si/c1-7-11(9-8-10(2)3)12(13(14)15)16(4,5)6/h7,11-12H,1-2,8-9H2,3-6H3,(H,14,15). The summed E-state index contributed by atoms with van der Waals surface area (Å²) in [6.45, 7) is 15.9. The smallest absolute Gasteiger partial charge is 0.304 e. The van der Waals surface area contributed by atoms with Crippen LogP contribution in [0.1, 0.15) is 19.8 Å². The number of allylic oxidation sites excluding steroid dienone is 2. The summed E-state index contributed by atoms with van der Waals surface area (Å²) in [4.78, 5) is 11.4. The number of carbonyl (C=O) groups is 1. The van der Waals surface area contributed by atoms with Gasteiger partial charge in [-0.1, -0.05) is 31.3 Å². The number of rotatable bonds is 7. The highest BCUT2D eigenvalue weighted by atomic mass is 28.3. The lowest BCUT2D eigenvalue weighted by atomic mass is 9.97. The summed E-state index contributed by atoms with van der Waals surface area (Å²) in [6, 6.07) is 0. The maximum atomic E-state index is 11.4. The van der Waals surface area contributed by atoms with E-state index in [4.69, 9.17) is 0 Å². The van der Waals surface area contributed by atoms with Crippen LogP contribution in [0.5, 0.6) is 0 Å². The third kappa shape index (κ3) is 4.79. The fourth-order valence-electron chi connectivity index (χ4n) is 2.03. The largest absolute Gasteiger partial charge is 0.481 e. The summed E-state index contributed by atoms with van der Waals surface area (Å²) in [5, 5.41) is 9.34. The van der Waals surface area contributed by atoms with Crippen molar-refractivity contribution in [1.82, 2.24) is 0 Å². The van der Waals surface area contributed by atoms with Crippen molar-refractivity contribution < 1.29 is 9.90 Å². The zero-order valence-electron chi connectivity index (χ0n) is 10.9. The van der Waals surface area contributed by atoms with Gasteiger partial charge in [0.2, 0.25) is 0 Å². The summed E-state index contributed by atoms with van der Waals surface area (Å²) in [5.41, 5.74) is 0.857. The van der Waals surface area contributed by atoms with E-state index < -0.39 is 14.0 Å². The SMILES string of the molecule is C=CC(CCC(=C)C)C(C(=O)O)[Si](C)(C)C. The van der Waals surface area contributed by atoms with Gasteiger partial charge in [-0.2, -0.15) is 0 Å². The molecule has 0 aliphatic heterocycles. The predicted molar refractivity (Wildman–Crippen MR) is 72.5 cm³/mol. The van der Waals surface area contributed by atoms with E-state index in [-0.39, 0.29) is 11.5 Å². The minimum absolute atomic E-state index is 0.0702. The Morgan fingerprint density at radius 2 is 1.94 bits per heavy atom. The highest BCUT2D eigenvalue weighted by Gasteiger charge is 2.37. The molecule has 3 heteroatoms. The molecule has 0 aliphatic rings. The lowest BCUT2D eigenvalue weighted by molar-refractivity contribution is -0.137. The zero-order valence-corrected chi connectivity index (χ0v) is 11.9. The highest BCUT2D eigenvalue weighted by Crippen LogP contribution is 2.34. The average molecular weight is 240 g/mol. The Bertz CT molecular complexity index is 276. The molecule has 0 aliphatic carbocycles. The number of aliphatic carboxylic acids is 1. The lowest BCUT2D eigenvalue weighted by Gasteiger charge is -2.31. The fraction of sp³-hybridized carbons (Fsp3) is 0.615. The molecule has 0 spiro atoms. The summed E-state index contributed by atoms with van der Waals surface area (Å²) in [7, 11) is -1.71. The Kier molecular flexibility index (Phi) is 5.72. The van der Waals surface area contributed by atoms with Crippen LogP contribution in [0.2, 0.25) is 25.2 Å². The van der Waals surface area contributed by atoms with Crippen LogP contribution in [0.4, 0.5) is 0 Å². The lowest BCUT2D eigenvalue weighted by Crippen LogP contribution is -2.38. The Balaban J connectivity index is 4.80. The van der Waals surface area contributed by atoms with Crippen molar-refractivity contribution >= 4 is 14.0 Å². The van der Waals surface area contributed by atoms with E-state index in [1.54, 1.807) is 6.08 Å². The van der Waals surface area contributed by atoms with Crippen LogP contribution in [-0.4, -0.2) is 19.1 Å². The van der Waals surface area contributed by atoms with Crippen LogP contribution < -0.4 is 0 Å². The van der Waals surface area contributed by atoms with Crippen LogP contribution in [0.25, 0.3) is 0 Å². The molecule has 92 valence electrons. The summed E-state index contributed by atoms with van der Waals surface area (Å²) < 4.78 is 0. The van der Waals surface area contributed by atoms with Gasteiger partial charge in [0.15, 0.2) is 0 Å². The van der Waals surface area contributed by atoms with Crippen LogP contribution in [-0.2, 0) is 4.79 Å². The molecular weight excluding hydrogens is 216 g/mol. The number of hydrogen-bond acceptors (Lipinski definition) is 1. The van der Waals surface area contributed by atoms with Crippen molar-refractivity contribution in [2.45, 2.75) is 44.9 Å². The molecular formula is C13H24O2Si. The molecule has 2 unspecified atom stereocenters. The molecule has 0 aromatic rings. The van der Waals surface area contributed by atoms with E-state index >= 15 is 0 Å². The molecule has 16 heavy (non-hydrogen) atoms. The van der Waals surface area contributed by atoms with E-state index in [1.807, 2.05) is 6.92 Å². The van der Waals surface area contributed by atoms with Crippen molar-refractivity contribution in [1.29, 1.82) is 0 Å². The molecule has 0 rings (SSSR count). The molecule has 1 N–H and O–H groups in total. The summed E-state index contributed by atoms with van der Waals surface area (Å²) in [6.07, 6.45) is 3.53. The van der Waals surface area contributed by atoms with Crippen LogP contribution >= 0.6 is 0 Å². The summed E-state index contributed by atoms with van der Waals surface area (Å²) in [5.74, 6) is -0.605. The minimum atomic E-state index is -1.71. The molecule has 0 saturated heterocycles. The quantitative estimate of drug-likeness (QED) is 0.540. The maximum absolute atomic E-state index is 11.4. The fourth-order valence-corrected chi connectivity index (χ4v) is 4.36. The first kappa shape index (κ1) is 15.2. The van der Waals surface area contributed by atoms with E-state index in [0.29, 0.717) is 0 Å². The third-order valence-electron chi connectivity index (χ3n) is 2.83. The van der Waals surface area contributed by atoms with Crippen molar-refractivity contribution in [3.63, 3.8) is 0 Å². The molecule has 0 saturated carbocycles. The van der Waals surface area contributed by atoms with Gasteiger partial charge in [0.05, 0.1) is 13.6 Å². The second-order valence-corrected chi connectivity index (χ2v) is 10.9. The van der Waals surface area contributed by atoms with Gasteiger partial charge < -0.3 is 5.11 Å². The molecule has 0 aromatic carbocycles. The Morgan fingerprint density at radius 1 is 1.44 bits per heavy atom. The van der Waals surface area contributed by atoms with Crippen LogP contribution in [0, 0.1) is 5.92 Å². The topological polar surface area (TPSA) is 37.3 Å². The summed E-state index contributed by atoms with van der Waals surface area (Å²) >= 11 is 0.